The van der Waals surface area contributed by atoms with Gasteiger partial charge < -0.3 is 19.3 Å². The molecule has 0 aromatic rings. The Hall–Kier alpha value is -2.90. The van der Waals surface area contributed by atoms with Crippen molar-refractivity contribution < 1.29 is 38.5 Å². The van der Waals surface area contributed by atoms with Crippen LogP contribution in [0.15, 0.2) is 35.5 Å². The van der Waals surface area contributed by atoms with Gasteiger partial charge in [-0.3, -0.25) is 9.59 Å². The van der Waals surface area contributed by atoms with Gasteiger partial charge in [0.1, 0.15) is 16.6 Å². The molecule has 0 unspecified atom stereocenters. The van der Waals surface area contributed by atoms with Crippen LogP contribution in [0.1, 0.15) is 59.8 Å². The number of carboxylic acid groups (broad SMARTS) is 1. The third kappa shape index (κ3) is 3.76. The van der Waals surface area contributed by atoms with Crippen LogP contribution in [0.4, 0.5) is 0 Å². The van der Waals surface area contributed by atoms with E-state index in [-0.39, 0.29) is 24.5 Å². The zero-order chi connectivity index (χ0) is 23.7. The molecule has 4 atom stereocenters. The quantitative estimate of drug-likeness (QED) is 0.286. The molecule has 0 spiro atoms. The minimum atomic E-state index is -1.14. The molecule has 8 nitrogen and oxygen atoms in total. The molecule has 3 aliphatic rings. The lowest BCUT2D eigenvalue weighted by Crippen LogP contribution is -2.65. The molecule has 1 N–H and O–H groups in total. The van der Waals surface area contributed by atoms with Gasteiger partial charge in [-0.2, -0.15) is 0 Å². The monoisotopic (exact) mass is 446 g/mol. The summed E-state index contributed by atoms with van der Waals surface area (Å²) in [4.78, 5) is 49.2. The highest BCUT2D eigenvalue weighted by molar-refractivity contribution is 5.90. The van der Waals surface area contributed by atoms with E-state index in [9.17, 15) is 19.2 Å². The fourth-order valence-corrected chi connectivity index (χ4v) is 5.54. The Morgan fingerprint density at radius 3 is 2.62 bits per heavy atom. The molecule has 2 aliphatic carbocycles. The minimum Gasteiger partial charge on any atom is -0.478 e. The number of ether oxygens (including phenoxy) is 3. The first-order chi connectivity index (χ1) is 15.0. The Morgan fingerprint density at radius 1 is 1.28 bits per heavy atom. The lowest BCUT2D eigenvalue weighted by Gasteiger charge is -2.54. The molecular formula is C24H30O8. The summed E-state index contributed by atoms with van der Waals surface area (Å²) in [5.41, 5.74) is -2.70. The predicted molar refractivity (Wildman–Crippen MR) is 113 cm³/mol. The average molecular weight is 446 g/mol. The van der Waals surface area contributed by atoms with Crippen molar-refractivity contribution in [3.8, 4) is 0 Å². The van der Waals surface area contributed by atoms with E-state index in [1.807, 2.05) is 0 Å². The van der Waals surface area contributed by atoms with Gasteiger partial charge in [0.15, 0.2) is 0 Å². The van der Waals surface area contributed by atoms with E-state index in [0.717, 1.165) is 0 Å². The zero-order valence-corrected chi connectivity index (χ0v) is 18.9. The fourth-order valence-electron chi connectivity index (χ4n) is 5.54. The van der Waals surface area contributed by atoms with Crippen LogP contribution >= 0.6 is 0 Å². The molecule has 0 amide bonds. The Labute approximate surface area is 187 Å². The third-order valence-electron chi connectivity index (χ3n) is 7.06. The van der Waals surface area contributed by atoms with Crippen molar-refractivity contribution in [3.63, 3.8) is 0 Å². The van der Waals surface area contributed by atoms with Crippen LogP contribution in [0.2, 0.25) is 0 Å². The maximum absolute atomic E-state index is 13.5. The maximum atomic E-state index is 13.5. The van der Waals surface area contributed by atoms with E-state index in [1.165, 1.54) is 19.9 Å². The summed E-state index contributed by atoms with van der Waals surface area (Å²) in [5, 5.41) is 9.07. The predicted octanol–water partition coefficient (Wildman–Crippen LogP) is 3.26. The largest absolute Gasteiger partial charge is 0.478 e. The number of carboxylic acids is 1. The molecule has 1 saturated carbocycles. The number of esters is 3. The standard InChI is InChI=1S/C24H30O8/c1-5-30-20(28)17-8-12-23-13-10-18(24(23,14-9-17)31-16(3)25)22(4,32-21(23)29)11-6-7-15(2)19(26)27/h6-8,11,18H,5,9-10,12-14H2,1-4H3,(H,26,27)/b11-6+,15-7+/t18-,22+,23+,24-/m0/s1. The first-order valence-corrected chi connectivity index (χ1v) is 10.9. The van der Waals surface area contributed by atoms with Gasteiger partial charge in [-0.15, -0.1) is 0 Å². The normalized spacial score (nSPS) is 34.2. The first kappa shape index (κ1) is 23.8. The molecule has 0 aromatic heterocycles. The summed E-state index contributed by atoms with van der Waals surface area (Å²) in [6.07, 6.45) is 8.26. The summed E-state index contributed by atoms with van der Waals surface area (Å²) in [7, 11) is 0. The number of allylic oxidation sites excluding steroid dienone is 3. The third-order valence-corrected chi connectivity index (χ3v) is 7.06. The topological polar surface area (TPSA) is 116 Å². The van der Waals surface area contributed by atoms with E-state index in [0.29, 0.717) is 31.3 Å². The van der Waals surface area contributed by atoms with Crippen molar-refractivity contribution in [2.75, 3.05) is 6.61 Å². The number of hydrogen-bond donors (Lipinski definition) is 1. The van der Waals surface area contributed by atoms with E-state index < -0.39 is 40.5 Å². The molecule has 2 fully saturated rings. The van der Waals surface area contributed by atoms with E-state index in [2.05, 4.69) is 0 Å². The number of carbonyl (C=O) groups is 4. The Balaban J connectivity index is 2.05. The number of aliphatic carboxylic acids is 1. The van der Waals surface area contributed by atoms with Gasteiger partial charge in [-0.1, -0.05) is 18.2 Å². The Bertz CT molecular complexity index is 928. The van der Waals surface area contributed by atoms with E-state index >= 15 is 0 Å². The fraction of sp³-hybridized carbons (Fsp3) is 0.583. The van der Waals surface area contributed by atoms with Crippen molar-refractivity contribution >= 4 is 23.9 Å². The summed E-state index contributed by atoms with van der Waals surface area (Å²) in [5.74, 6) is -2.79. The molecule has 1 aliphatic heterocycles. The van der Waals surface area contributed by atoms with Gasteiger partial charge in [0, 0.05) is 24.0 Å². The molecule has 1 saturated heterocycles. The second-order valence-corrected chi connectivity index (χ2v) is 8.90. The van der Waals surface area contributed by atoms with Crippen molar-refractivity contribution in [2.45, 2.75) is 71.0 Å². The summed E-state index contributed by atoms with van der Waals surface area (Å²) in [6, 6.07) is 0. The van der Waals surface area contributed by atoms with Gasteiger partial charge in [0.05, 0.1) is 6.61 Å². The number of hydrogen-bond acceptors (Lipinski definition) is 7. The second kappa shape index (κ2) is 8.56. The van der Waals surface area contributed by atoms with Gasteiger partial charge in [0.25, 0.3) is 0 Å². The highest BCUT2D eigenvalue weighted by Crippen LogP contribution is 2.65. The van der Waals surface area contributed by atoms with Crippen LogP contribution in [-0.4, -0.2) is 46.8 Å². The van der Waals surface area contributed by atoms with Crippen molar-refractivity contribution in [1.29, 1.82) is 0 Å². The van der Waals surface area contributed by atoms with E-state index in [4.69, 9.17) is 19.3 Å². The van der Waals surface area contributed by atoms with Crippen LogP contribution in [0.25, 0.3) is 0 Å². The summed E-state index contributed by atoms with van der Waals surface area (Å²) in [6.45, 7) is 6.51. The zero-order valence-electron chi connectivity index (χ0n) is 18.9. The van der Waals surface area contributed by atoms with Crippen LogP contribution in [0.5, 0.6) is 0 Å². The average Bonchev–Trinajstić information content (AvgIpc) is 2.84. The van der Waals surface area contributed by atoms with Crippen molar-refractivity contribution in [1.82, 2.24) is 0 Å². The van der Waals surface area contributed by atoms with Crippen LogP contribution in [0, 0.1) is 11.3 Å². The maximum Gasteiger partial charge on any atom is 0.333 e. The lowest BCUT2D eigenvalue weighted by atomic mass is 9.62. The van der Waals surface area contributed by atoms with Crippen molar-refractivity contribution in [2.24, 2.45) is 11.3 Å². The van der Waals surface area contributed by atoms with E-state index in [1.54, 1.807) is 32.1 Å². The van der Waals surface area contributed by atoms with Crippen LogP contribution in [0.3, 0.4) is 0 Å². The highest BCUT2D eigenvalue weighted by atomic mass is 16.6. The Kier molecular flexibility index (Phi) is 6.36. The number of cyclic esters (lactones) is 1. The number of rotatable bonds is 6. The first-order valence-electron chi connectivity index (χ1n) is 10.9. The molecule has 32 heavy (non-hydrogen) atoms. The molecule has 0 radical (unpaired) electrons. The molecule has 3 rings (SSSR count). The van der Waals surface area contributed by atoms with Crippen molar-refractivity contribution in [3.05, 3.63) is 35.5 Å². The molecular weight excluding hydrogens is 416 g/mol. The summed E-state index contributed by atoms with van der Waals surface area (Å²) >= 11 is 0. The molecule has 2 bridgehead atoms. The van der Waals surface area contributed by atoms with Gasteiger partial charge in [-0.05, 0) is 59.0 Å². The minimum absolute atomic E-state index is 0.139. The van der Waals surface area contributed by atoms with Crippen LogP contribution in [-0.2, 0) is 33.4 Å². The molecule has 8 heteroatoms. The van der Waals surface area contributed by atoms with Crippen LogP contribution < -0.4 is 0 Å². The smallest absolute Gasteiger partial charge is 0.333 e. The van der Waals surface area contributed by atoms with Gasteiger partial charge >= 0.3 is 23.9 Å². The lowest BCUT2D eigenvalue weighted by molar-refractivity contribution is -0.235. The van der Waals surface area contributed by atoms with Gasteiger partial charge in [-0.25, -0.2) is 9.59 Å². The molecule has 1 heterocycles. The second-order valence-electron chi connectivity index (χ2n) is 8.90. The Morgan fingerprint density at radius 2 is 2.00 bits per heavy atom. The highest BCUT2D eigenvalue weighted by Gasteiger charge is 2.74. The number of carbonyl (C=O) groups excluding carboxylic acids is 3. The SMILES string of the molecule is CCOC(=O)C1=CC[C@@]23CC[C@@H]([C@@](C)(/C=C/C=C(\C)C(=O)O)OC2=O)[C@@]3(OC(C)=O)CC1. The molecule has 174 valence electrons. The van der Waals surface area contributed by atoms with Gasteiger partial charge in [0.2, 0.25) is 0 Å². The molecule has 0 aromatic carbocycles. The summed E-state index contributed by atoms with van der Waals surface area (Å²) < 4.78 is 17.1.